The summed E-state index contributed by atoms with van der Waals surface area (Å²) in [5.41, 5.74) is 4.43. The summed E-state index contributed by atoms with van der Waals surface area (Å²) in [6, 6.07) is 17.6. The molecule has 0 saturated carbocycles. The number of anilines is 1. The van der Waals surface area contributed by atoms with Gasteiger partial charge in [0.2, 0.25) is 0 Å². The van der Waals surface area contributed by atoms with E-state index in [0.29, 0.717) is 12.3 Å². The van der Waals surface area contributed by atoms with Gasteiger partial charge in [0.25, 0.3) is 5.91 Å². The summed E-state index contributed by atoms with van der Waals surface area (Å²) in [5, 5.41) is 7.22. The van der Waals surface area contributed by atoms with Crippen molar-refractivity contribution in [2.45, 2.75) is 19.8 Å². The number of carbonyl (C=O) groups excluding carboxylic acids is 1. The number of fused-ring (bicyclic) bond motifs is 1. The molecule has 1 aliphatic heterocycles. The molecule has 1 aromatic heterocycles. The van der Waals surface area contributed by atoms with E-state index in [9.17, 15) is 4.79 Å². The van der Waals surface area contributed by atoms with Crippen LogP contribution in [0.3, 0.4) is 0 Å². The summed E-state index contributed by atoms with van der Waals surface area (Å²) in [6.45, 7) is 3.32. The molecule has 0 saturated heterocycles. The highest BCUT2D eigenvalue weighted by molar-refractivity contribution is 6.06. The van der Waals surface area contributed by atoms with Crippen LogP contribution in [0.25, 0.3) is 11.3 Å². The van der Waals surface area contributed by atoms with E-state index in [1.165, 1.54) is 5.56 Å². The molecular weight excluding hydrogens is 326 g/mol. The first kappa shape index (κ1) is 16.4. The SMILES string of the molecule is CCOc1ccc(-c2cc(C(=O)N3CCCc4ccccc43)[nH]n2)cc1. The molecule has 1 N–H and O–H groups in total. The second-order valence-corrected chi connectivity index (χ2v) is 6.31. The minimum Gasteiger partial charge on any atom is -0.494 e. The van der Waals surface area contributed by atoms with E-state index < -0.39 is 0 Å². The molecule has 5 heteroatoms. The first-order chi connectivity index (χ1) is 12.8. The largest absolute Gasteiger partial charge is 0.494 e. The van der Waals surface area contributed by atoms with Gasteiger partial charge in [-0.2, -0.15) is 5.10 Å². The predicted molar refractivity (Wildman–Crippen MR) is 102 cm³/mol. The molecule has 0 spiro atoms. The maximum Gasteiger partial charge on any atom is 0.276 e. The molecule has 0 bridgehead atoms. The van der Waals surface area contributed by atoms with Crippen molar-refractivity contribution < 1.29 is 9.53 Å². The molecule has 5 nitrogen and oxygen atoms in total. The molecule has 4 rings (SSSR count). The molecule has 0 unspecified atom stereocenters. The Morgan fingerprint density at radius 1 is 1.19 bits per heavy atom. The summed E-state index contributed by atoms with van der Waals surface area (Å²) < 4.78 is 5.46. The number of aryl methyl sites for hydroxylation is 1. The molecule has 132 valence electrons. The topological polar surface area (TPSA) is 58.2 Å². The highest BCUT2D eigenvalue weighted by Crippen LogP contribution is 2.28. The van der Waals surface area contributed by atoms with Crippen molar-refractivity contribution in [2.24, 2.45) is 0 Å². The highest BCUT2D eigenvalue weighted by Gasteiger charge is 2.24. The van der Waals surface area contributed by atoms with Crippen molar-refractivity contribution >= 4 is 11.6 Å². The van der Waals surface area contributed by atoms with Crippen molar-refractivity contribution in [3.05, 3.63) is 65.9 Å². The number of para-hydroxylation sites is 1. The van der Waals surface area contributed by atoms with E-state index in [1.54, 1.807) is 0 Å². The van der Waals surface area contributed by atoms with E-state index in [0.717, 1.165) is 42.1 Å². The van der Waals surface area contributed by atoms with Crippen molar-refractivity contribution in [2.75, 3.05) is 18.1 Å². The van der Waals surface area contributed by atoms with Crippen LogP contribution in [-0.2, 0) is 6.42 Å². The number of nitrogens with zero attached hydrogens (tertiary/aromatic N) is 2. The van der Waals surface area contributed by atoms with Crippen LogP contribution in [0.15, 0.2) is 54.6 Å². The number of aromatic nitrogens is 2. The van der Waals surface area contributed by atoms with Gasteiger partial charge in [-0.25, -0.2) is 0 Å². The van der Waals surface area contributed by atoms with Gasteiger partial charge in [-0.05, 0) is 61.7 Å². The smallest absolute Gasteiger partial charge is 0.276 e. The van der Waals surface area contributed by atoms with Gasteiger partial charge < -0.3 is 9.64 Å². The van der Waals surface area contributed by atoms with Gasteiger partial charge in [-0.15, -0.1) is 0 Å². The van der Waals surface area contributed by atoms with Crippen LogP contribution in [0.1, 0.15) is 29.4 Å². The minimum atomic E-state index is -0.0400. The molecule has 0 atom stereocenters. The highest BCUT2D eigenvalue weighted by atomic mass is 16.5. The summed E-state index contributed by atoms with van der Waals surface area (Å²) in [6.07, 6.45) is 1.99. The van der Waals surface area contributed by atoms with Crippen LogP contribution < -0.4 is 9.64 Å². The lowest BCUT2D eigenvalue weighted by molar-refractivity contribution is 0.0980. The minimum absolute atomic E-state index is 0.0400. The van der Waals surface area contributed by atoms with Crippen molar-refractivity contribution in [1.29, 1.82) is 0 Å². The van der Waals surface area contributed by atoms with Gasteiger partial charge in [0.1, 0.15) is 11.4 Å². The van der Waals surface area contributed by atoms with E-state index in [4.69, 9.17) is 4.74 Å². The number of hydrogen-bond donors (Lipinski definition) is 1. The summed E-state index contributed by atoms with van der Waals surface area (Å²) in [4.78, 5) is 14.8. The molecule has 0 aliphatic carbocycles. The van der Waals surface area contributed by atoms with Gasteiger partial charge in [0, 0.05) is 17.8 Å². The second kappa shape index (κ2) is 7.04. The molecule has 0 radical (unpaired) electrons. The average molecular weight is 347 g/mol. The van der Waals surface area contributed by atoms with Gasteiger partial charge >= 0.3 is 0 Å². The van der Waals surface area contributed by atoms with Gasteiger partial charge in [-0.1, -0.05) is 18.2 Å². The maximum absolute atomic E-state index is 13.0. The first-order valence-electron chi connectivity index (χ1n) is 8.94. The Kier molecular flexibility index (Phi) is 4.44. The Morgan fingerprint density at radius 3 is 2.81 bits per heavy atom. The molecular formula is C21H21N3O2. The molecule has 26 heavy (non-hydrogen) atoms. The predicted octanol–water partition coefficient (Wildman–Crippen LogP) is 4.07. The van der Waals surface area contributed by atoms with Crippen LogP contribution in [0.2, 0.25) is 0 Å². The zero-order valence-electron chi connectivity index (χ0n) is 14.7. The Bertz CT molecular complexity index is 915. The number of rotatable bonds is 4. The Balaban J connectivity index is 1.57. The molecule has 0 fully saturated rings. The first-order valence-corrected chi connectivity index (χ1v) is 8.94. The Morgan fingerprint density at radius 2 is 2.00 bits per heavy atom. The van der Waals surface area contributed by atoms with Crippen molar-refractivity contribution in [1.82, 2.24) is 10.2 Å². The number of ether oxygens (including phenoxy) is 1. The number of aromatic amines is 1. The monoisotopic (exact) mass is 347 g/mol. The zero-order valence-corrected chi connectivity index (χ0v) is 14.7. The van der Waals surface area contributed by atoms with Gasteiger partial charge in [0.05, 0.1) is 12.3 Å². The Hall–Kier alpha value is -3.08. The van der Waals surface area contributed by atoms with Crippen LogP contribution >= 0.6 is 0 Å². The average Bonchev–Trinajstić information content (AvgIpc) is 3.18. The van der Waals surface area contributed by atoms with Crippen molar-refractivity contribution in [3.8, 4) is 17.0 Å². The number of hydrogen-bond acceptors (Lipinski definition) is 3. The fourth-order valence-electron chi connectivity index (χ4n) is 3.36. The lowest BCUT2D eigenvalue weighted by Gasteiger charge is -2.28. The number of amides is 1. The lowest BCUT2D eigenvalue weighted by atomic mass is 10.0. The zero-order chi connectivity index (χ0) is 17.9. The normalized spacial score (nSPS) is 13.3. The van der Waals surface area contributed by atoms with Crippen LogP contribution in [-0.4, -0.2) is 29.3 Å². The van der Waals surface area contributed by atoms with Gasteiger partial charge in [0.15, 0.2) is 0 Å². The quantitative estimate of drug-likeness (QED) is 0.774. The molecule has 2 heterocycles. The number of carbonyl (C=O) groups is 1. The van der Waals surface area contributed by atoms with Crippen LogP contribution in [0.5, 0.6) is 5.75 Å². The van der Waals surface area contributed by atoms with E-state index >= 15 is 0 Å². The fourth-order valence-corrected chi connectivity index (χ4v) is 3.36. The second-order valence-electron chi connectivity index (χ2n) is 6.31. The van der Waals surface area contributed by atoms with Crippen LogP contribution in [0, 0.1) is 0 Å². The number of benzene rings is 2. The summed E-state index contributed by atoms with van der Waals surface area (Å²) in [5.74, 6) is 0.787. The Labute approximate surface area is 152 Å². The third-order valence-corrected chi connectivity index (χ3v) is 4.62. The lowest BCUT2D eigenvalue weighted by Crippen LogP contribution is -2.35. The molecule has 2 aromatic carbocycles. The van der Waals surface area contributed by atoms with E-state index in [-0.39, 0.29) is 5.91 Å². The van der Waals surface area contributed by atoms with E-state index in [2.05, 4.69) is 16.3 Å². The fraction of sp³-hybridized carbons (Fsp3) is 0.238. The summed E-state index contributed by atoms with van der Waals surface area (Å²) >= 11 is 0. The van der Waals surface area contributed by atoms with E-state index in [1.807, 2.05) is 60.4 Å². The number of H-pyrrole nitrogens is 1. The maximum atomic E-state index is 13.0. The standard InChI is InChI=1S/C21H21N3O2/c1-2-26-17-11-9-15(10-12-17)18-14-19(23-22-18)21(25)24-13-5-7-16-6-3-4-8-20(16)24/h3-4,6,8-12,14H,2,5,7,13H2,1H3,(H,22,23). The molecule has 1 amide bonds. The molecule has 1 aliphatic rings. The third-order valence-electron chi connectivity index (χ3n) is 4.62. The summed E-state index contributed by atoms with van der Waals surface area (Å²) in [7, 11) is 0. The third kappa shape index (κ3) is 3.08. The van der Waals surface area contributed by atoms with Crippen LogP contribution in [0.4, 0.5) is 5.69 Å². The number of nitrogens with one attached hydrogen (secondary N) is 1. The van der Waals surface area contributed by atoms with Gasteiger partial charge in [-0.3, -0.25) is 9.89 Å². The van der Waals surface area contributed by atoms with Crippen molar-refractivity contribution in [3.63, 3.8) is 0 Å². The molecule has 3 aromatic rings.